The second-order valence-electron chi connectivity index (χ2n) is 12.6. The molecule has 3 aliphatic carbocycles. The van der Waals surface area contributed by atoms with Gasteiger partial charge in [0.25, 0.3) is 0 Å². The van der Waals surface area contributed by atoms with Crippen LogP contribution in [0.5, 0.6) is 5.75 Å². The minimum atomic E-state index is -1.17. The number of benzene rings is 2. The summed E-state index contributed by atoms with van der Waals surface area (Å²) in [6, 6.07) is 13.1. The number of methoxy groups -OCH3 is 1. The van der Waals surface area contributed by atoms with Crippen molar-refractivity contribution in [1.29, 1.82) is 0 Å². The monoisotopic (exact) mass is 591 g/mol. The Hall–Kier alpha value is -3.16. The Morgan fingerprint density at radius 1 is 1.07 bits per heavy atom. The minimum Gasteiger partial charge on any atom is -0.497 e. The Morgan fingerprint density at radius 3 is 2.49 bits per heavy atom. The third-order valence-corrected chi connectivity index (χ3v) is 9.74. The van der Waals surface area contributed by atoms with E-state index < -0.39 is 23.2 Å². The van der Waals surface area contributed by atoms with Crippen LogP contribution in [0.3, 0.4) is 0 Å². The maximum atomic E-state index is 14.2. The van der Waals surface area contributed by atoms with E-state index in [-0.39, 0.29) is 24.9 Å². The molecule has 1 saturated carbocycles. The van der Waals surface area contributed by atoms with E-state index in [1.807, 2.05) is 25.1 Å². The van der Waals surface area contributed by atoms with Crippen molar-refractivity contribution in [3.05, 3.63) is 76.4 Å². The number of allylic oxidation sites excluding steroid dienone is 2. The number of aliphatic hydroxyl groups excluding tert-OH is 1. The number of ether oxygens (including phenoxy) is 2. The summed E-state index contributed by atoms with van der Waals surface area (Å²) >= 11 is 0. The lowest BCUT2D eigenvalue weighted by atomic mass is 9.64. The predicted octanol–water partition coefficient (Wildman–Crippen LogP) is 6.83. The third-order valence-electron chi connectivity index (χ3n) is 9.74. The van der Waals surface area contributed by atoms with Crippen LogP contribution in [-0.4, -0.2) is 65.5 Å². The number of carbonyl (C=O) groups is 2. The smallest absolute Gasteiger partial charge is 0.409 e. The molecule has 1 fully saturated rings. The Morgan fingerprint density at radius 2 is 1.81 bits per heavy atom. The Balaban J connectivity index is 1.83. The van der Waals surface area contributed by atoms with Gasteiger partial charge < -0.3 is 24.6 Å². The summed E-state index contributed by atoms with van der Waals surface area (Å²) < 4.78 is 10.7. The van der Waals surface area contributed by atoms with Crippen LogP contribution in [0.25, 0.3) is 0 Å². The molecular weight excluding hydrogens is 542 g/mol. The standard InChI is InChI=1S/C36H49NO6/c1-6-21-37(34(40)43-7-2)24-36(41)20-18-32-30-17-11-26(22-28(38)14-10-25(3)9-8-19-35(32,36)4)23-31(30)33(39)27-12-15-29(42-5)16-13-27/h9,11-13,15-17,23,28,32,38,41H,6-8,10,14,18-22,24H2,1-5H3/t28-,32-,35-,36+/m0/s1. The average Bonchev–Trinajstić information content (AvgIpc) is 3.24. The zero-order valence-electron chi connectivity index (χ0n) is 26.5. The summed E-state index contributed by atoms with van der Waals surface area (Å²) in [5.41, 5.74) is 2.42. The highest BCUT2D eigenvalue weighted by molar-refractivity contribution is 6.10. The van der Waals surface area contributed by atoms with Gasteiger partial charge >= 0.3 is 6.09 Å². The van der Waals surface area contributed by atoms with Gasteiger partial charge in [-0.1, -0.05) is 37.6 Å². The summed E-state index contributed by atoms with van der Waals surface area (Å²) in [6.07, 6.45) is 6.60. The number of hydrogen-bond acceptors (Lipinski definition) is 6. The fourth-order valence-corrected chi connectivity index (χ4v) is 7.13. The first kappa shape index (κ1) is 32.7. The molecule has 2 aromatic rings. The Kier molecular flexibility index (Phi) is 10.7. The number of nitrogens with zero attached hydrogens (tertiary/aromatic N) is 1. The fourth-order valence-electron chi connectivity index (χ4n) is 7.13. The normalized spacial score (nSPS) is 25.8. The molecule has 0 radical (unpaired) electrons. The van der Waals surface area contributed by atoms with Gasteiger partial charge in [-0.15, -0.1) is 0 Å². The number of carbonyl (C=O) groups excluding carboxylic acids is 2. The lowest BCUT2D eigenvalue weighted by molar-refractivity contribution is -0.0809. The molecule has 43 heavy (non-hydrogen) atoms. The van der Waals surface area contributed by atoms with E-state index in [2.05, 4.69) is 19.9 Å². The molecule has 0 unspecified atom stereocenters. The summed E-state index contributed by atoms with van der Waals surface area (Å²) in [5.74, 6) is 0.475. The summed E-state index contributed by atoms with van der Waals surface area (Å²) in [4.78, 5) is 28.7. The quantitative estimate of drug-likeness (QED) is 0.258. The van der Waals surface area contributed by atoms with Crippen molar-refractivity contribution in [2.45, 2.75) is 96.7 Å². The molecule has 2 bridgehead atoms. The third kappa shape index (κ3) is 7.15. The molecular formula is C36H49NO6. The van der Waals surface area contributed by atoms with Crippen LogP contribution in [0.2, 0.25) is 0 Å². The van der Waals surface area contributed by atoms with E-state index in [9.17, 15) is 19.8 Å². The molecule has 2 N–H and O–H groups in total. The largest absolute Gasteiger partial charge is 0.497 e. The van der Waals surface area contributed by atoms with Gasteiger partial charge in [-0.05, 0) is 113 Å². The molecule has 7 nitrogen and oxygen atoms in total. The van der Waals surface area contributed by atoms with Gasteiger partial charge in [-0.3, -0.25) is 4.79 Å². The molecule has 0 heterocycles. The van der Waals surface area contributed by atoms with E-state index in [0.717, 1.165) is 30.4 Å². The van der Waals surface area contributed by atoms with Crippen LogP contribution >= 0.6 is 0 Å². The van der Waals surface area contributed by atoms with Crippen molar-refractivity contribution in [2.75, 3.05) is 26.8 Å². The Labute approximate surface area is 256 Å². The van der Waals surface area contributed by atoms with Crippen molar-refractivity contribution in [3.63, 3.8) is 0 Å². The molecule has 1 amide bonds. The molecule has 0 aliphatic heterocycles. The van der Waals surface area contributed by atoms with Crippen LogP contribution < -0.4 is 4.74 Å². The second-order valence-corrected chi connectivity index (χ2v) is 12.6. The molecule has 0 spiro atoms. The van der Waals surface area contributed by atoms with Gasteiger partial charge in [0.15, 0.2) is 5.78 Å². The second kappa shape index (κ2) is 14.1. The number of amides is 1. The lowest BCUT2D eigenvalue weighted by Gasteiger charge is -2.46. The first-order valence-corrected chi connectivity index (χ1v) is 15.8. The molecule has 5 rings (SSSR count). The highest BCUT2D eigenvalue weighted by atomic mass is 16.6. The topological polar surface area (TPSA) is 96.3 Å². The maximum Gasteiger partial charge on any atom is 0.409 e. The van der Waals surface area contributed by atoms with E-state index in [4.69, 9.17) is 9.47 Å². The molecule has 3 aliphatic rings. The van der Waals surface area contributed by atoms with E-state index in [1.54, 1.807) is 43.2 Å². The first-order valence-electron chi connectivity index (χ1n) is 15.8. The van der Waals surface area contributed by atoms with Crippen molar-refractivity contribution in [3.8, 4) is 5.75 Å². The van der Waals surface area contributed by atoms with Gasteiger partial charge in [0.1, 0.15) is 5.75 Å². The predicted molar refractivity (Wildman–Crippen MR) is 169 cm³/mol. The molecule has 234 valence electrons. The van der Waals surface area contributed by atoms with E-state index >= 15 is 0 Å². The number of rotatable bonds is 8. The van der Waals surface area contributed by atoms with Crippen LogP contribution in [-0.2, 0) is 11.2 Å². The van der Waals surface area contributed by atoms with Crippen molar-refractivity contribution in [2.24, 2.45) is 5.41 Å². The van der Waals surface area contributed by atoms with Crippen molar-refractivity contribution in [1.82, 2.24) is 4.90 Å². The highest BCUT2D eigenvalue weighted by Gasteiger charge is 2.57. The highest BCUT2D eigenvalue weighted by Crippen LogP contribution is 2.59. The van der Waals surface area contributed by atoms with Gasteiger partial charge in [0.05, 0.1) is 32.0 Å². The van der Waals surface area contributed by atoms with Crippen LogP contribution in [0, 0.1) is 5.41 Å². The number of fused-ring (bicyclic) bond motifs is 8. The van der Waals surface area contributed by atoms with Crippen molar-refractivity contribution >= 4 is 11.9 Å². The van der Waals surface area contributed by atoms with Crippen LogP contribution in [0.4, 0.5) is 4.79 Å². The van der Waals surface area contributed by atoms with E-state index in [1.165, 1.54) is 5.57 Å². The van der Waals surface area contributed by atoms with Crippen molar-refractivity contribution < 1.29 is 29.3 Å². The Bertz CT molecular complexity index is 1300. The lowest BCUT2D eigenvalue weighted by Crippen LogP contribution is -2.54. The van der Waals surface area contributed by atoms with Gasteiger partial charge in [-0.25, -0.2) is 4.79 Å². The molecule has 0 saturated heterocycles. The number of ketones is 1. The first-order chi connectivity index (χ1) is 20.5. The molecule has 4 atom stereocenters. The zero-order valence-corrected chi connectivity index (χ0v) is 26.5. The fraction of sp³-hybridized carbons (Fsp3) is 0.556. The summed E-state index contributed by atoms with van der Waals surface area (Å²) in [5, 5.41) is 23.4. The van der Waals surface area contributed by atoms with Crippen LogP contribution in [0.15, 0.2) is 54.1 Å². The summed E-state index contributed by atoms with van der Waals surface area (Å²) in [6.45, 7) is 9.00. The molecule has 7 heteroatoms. The minimum absolute atomic E-state index is 0.0891. The van der Waals surface area contributed by atoms with E-state index in [0.29, 0.717) is 55.5 Å². The van der Waals surface area contributed by atoms with Crippen LogP contribution in [0.1, 0.15) is 106 Å². The SMILES string of the molecule is CCCN(C[C@]1(O)CC[C@H]2c3ccc(cc3C(=O)c3ccc(OC)cc3)C[C@@H](O)CCC(C)=CCC[C@@]21C)C(=O)OCC. The molecule has 0 aromatic heterocycles. The zero-order chi connectivity index (χ0) is 31.2. The van der Waals surface area contributed by atoms with Gasteiger partial charge in [-0.2, -0.15) is 0 Å². The average molecular weight is 592 g/mol. The summed E-state index contributed by atoms with van der Waals surface area (Å²) in [7, 11) is 1.60. The molecule has 2 aromatic carbocycles. The number of aliphatic hydroxyl groups is 2. The number of hydrogen-bond donors (Lipinski definition) is 2. The maximum absolute atomic E-state index is 14.2. The van der Waals surface area contributed by atoms with Gasteiger partial charge in [0, 0.05) is 23.1 Å². The van der Waals surface area contributed by atoms with Gasteiger partial charge in [0.2, 0.25) is 0 Å².